The van der Waals surface area contributed by atoms with Gasteiger partial charge in [-0.05, 0) is 34.1 Å². The third kappa shape index (κ3) is 1.90. The van der Waals surface area contributed by atoms with Gasteiger partial charge in [-0.2, -0.15) is 5.10 Å². The van der Waals surface area contributed by atoms with Crippen molar-refractivity contribution in [1.82, 2.24) is 9.78 Å². The highest BCUT2D eigenvalue weighted by Crippen LogP contribution is 2.29. The zero-order valence-electron chi connectivity index (χ0n) is 8.45. The summed E-state index contributed by atoms with van der Waals surface area (Å²) >= 11 is 3.25. The van der Waals surface area contributed by atoms with Crippen LogP contribution >= 0.6 is 15.9 Å². The zero-order chi connectivity index (χ0) is 11.7. The SMILES string of the molecule is Cn1cc(C=O)c(-c2ccc(F)cc2Br)n1. The van der Waals surface area contributed by atoms with Crippen molar-refractivity contribution >= 4 is 22.2 Å². The lowest BCUT2D eigenvalue weighted by molar-refractivity contribution is 0.112. The molecule has 0 radical (unpaired) electrons. The Bertz CT molecular complexity index is 551. The second-order valence-electron chi connectivity index (χ2n) is 3.35. The van der Waals surface area contributed by atoms with Gasteiger partial charge in [0.15, 0.2) is 6.29 Å². The highest BCUT2D eigenvalue weighted by Gasteiger charge is 2.12. The number of halogens is 2. The van der Waals surface area contributed by atoms with E-state index in [-0.39, 0.29) is 5.82 Å². The Morgan fingerprint density at radius 3 is 2.88 bits per heavy atom. The summed E-state index contributed by atoms with van der Waals surface area (Å²) in [4.78, 5) is 10.8. The van der Waals surface area contributed by atoms with Crippen LogP contribution in [-0.4, -0.2) is 16.1 Å². The van der Waals surface area contributed by atoms with Crippen LogP contribution < -0.4 is 0 Å². The number of aryl methyl sites for hydroxylation is 1. The van der Waals surface area contributed by atoms with Crippen molar-refractivity contribution in [2.45, 2.75) is 0 Å². The maximum atomic E-state index is 12.9. The smallest absolute Gasteiger partial charge is 0.153 e. The van der Waals surface area contributed by atoms with Crippen molar-refractivity contribution in [2.24, 2.45) is 7.05 Å². The maximum absolute atomic E-state index is 12.9. The Hall–Kier alpha value is -1.49. The number of hydrogen-bond acceptors (Lipinski definition) is 2. The van der Waals surface area contributed by atoms with Crippen molar-refractivity contribution in [3.8, 4) is 11.3 Å². The summed E-state index contributed by atoms with van der Waals surface area (Å²) in [7, 11) is 1.73. The van der Waals surface area contributed by atoms with Gasteiger partial charge in [-0.1, -0.05) is 0 Å². The van der Waals surface area contributed by atoms with E-state index in [0.29, 0.717) is 21.3 Å². The fourth-order valence-electron chi connectivity index (χ4n) is 1.48. The number of carbonyl (C=O) groups is 1. The van der Waals surface area contributed by atoms with Crippen LogP contribution in [0.4, 0.5) is 4.39 Å². The van der Waals surface area contributed by atoms with Crippen LogP contribution in [0.3, 0.4) is 0 Å². The Kier molecular flexibility index (Phi) is 2.87. The molecule has 1 aromatic heterocycles. The van der Waals surface area contributed by atoms with E-state index < -0.39 is 0 Å². The first-order valence-corrected chi connectivity index (χ1v) is 5.35. The van der Waals surface area contributed by atoms with Crippen LogP contribution in [0, 0.1) is 5.82 Å². The van der Waals surface area contributed by atoms with Gasteiger partial charge in [0.25, 0.3) is 0 Å². The molecule has 0 saturated carbocycles. The normalized spacial score (nSPS) is 10.4. The molecule has 16 heavy (non-hydrogen) atoms. The van der Waals surface area contributed by atoms with E-state index in [4.69, 9.17) is 0 Å². The molecule has 2 aromatic rings. The predicted octanol–water partition coefficient (Wildman–Crippen LogP) is 2.80. The van der Waals surface area contributed by atoms with E-state index in [1.165, 1.54) is 12.1 Å². The van der Waals surface area contributed by atoms with Crippen LogP contribution in [0.25, 0.3) is 11.3 Å². The Balaban J connectivity index is 2.62. The minimum absolute atomic E-state index is 0.334. The summed E-state index contributed by atoms with van der Waals surface area (Å²) in [6.45, 7) is 0. The second-order valence-corrected chi connectivity index (χ2v) is 4.20. The monoisotopic (exact) mass is 282 g/mol. The molecule has 0 fully saturated rings. The standard InChI is InChI=1S/C11H8BrFN2O/c1-15-5-7(6-16)11(14-15)9-3-2-8(13)4-10(9)12/h2-6H,1H3. The molecule has 0 N–H and O–H groups in total. The lowest BCUT2D eigenvalue weighted by atomic mass is 10.1. The molecule has 82 valence electrons. The van der Waals surface area contributed by atoms with E-state index in [2.05, 4.69) is 21.0 Å². The molecule has 1 aromatic carbocycles. The summed E-state index contributed by atoms with van der Waals surface area (Å²) in [5.41, 5.74) is 1.73. The summed E-state index contributed by atoms with van der Waals surface area (Å²) < 4.78 is 15.1. The van der Waals surface area contributed by atoms with Crippen LogP contribution in [0.2, 0.25) is 0 Å². The molecule has 0 atom stereocenters. The number of aldehydes is 1. The number of hydrogen-bond donors (Lipinski definition) is 0. The van der Waals surface area contributed by atoms with Gasteiger partial charge in [0.05, 0.1) is 5.56 Å². The summed E-state index contributed by atoms with van der Waals surface area (Å²) in [5.74, 6) is -0.334. The molecule has 0 aliphatic heterocycles. The number of carbonyl (C=O) groups excluding carboxylic acids is 1. The van der Waals surface area contributed by atoms with E-state index in [0.717, 1.165) is 6.29 Å². The van der Waals surface area contributed by atoms with E-state index >= 15 is 0 Å². The number of nitrogens with zero attached hydrogens (tertiary/aromatic N) is 2. The summed E-state index contributed by atoms with van der Waals surface area (Å²) in [6.07, 6.45) is 2.36. The van der Waals surface area contributed by atoms with Gasteiger partial charge in [0.2, 0.25) is 0 Å². The number of aromatic nitrogens is 2. The molecule has 0 unspecified atom stereocenters. The minimum atomic E-state index is -0.334. The molecular weight excluding hydrogens is 275 g/mol. The average Bonchev–Trinajstić information content (AvgIpc) is 2.59. The molecule has 0 spiro atoms. The number of rotatable bonds is 2. The molecule has 1 heterocycles. The fraction of sp³-hybridized carbons (Fsp3) is 0.0909. The lowest BCUT2D eigenvalue weighted by Crippen LogP contribution is -1.89. The van der Waals surface area contributed by atoms with Crippen molar-refractivity contribution < 1.29 is 9.18 Å². The van der Waals surface area contributed by atoms with Crippen molar-refractivity contribution in [1.29, 1.82) is 0 Å². The van der Waals surface area contributed by atoms with Gasteiger partial charge in [-0.3, -0.25) is 9.48 Å². The Labute approximate surface area is 100 Å². The highest BCUT2D eigenvalue weighted by atomic mass is 79.9. The first-order chi connectivity index (χ1) is 7.61. The first-order valence-electron chi connectivity index (χ1n) is 4.56. The molecule has 0 bridgehead atoms. The van der Waals surface area contributed by atoms with Crippen LogP contribution in [-0.2, 0) is 7.05 Å². The molecule has 0 amide bonds. The third-order valence-corrected chi connectivity index (χ3v) is 2.83. The number of benzene rings is 1. The molecule has 3 nitrogen and oxygen atoms in total. The van der Waals surface area contributed by atoms with Crippen molar-refractivity contribution in [3.63, 3.8) is 0 Å². The molecule has 0 aliphatic carbocycles. The molecule has 0 saturated heterocycles. The van der Waals surface area contributed by atoms with Gasteiger partial charge in [0.1, 0.15) is 11.5 Å². The lowest BCUT2D eigenvalue weighted by Gasteiger charge is -2.01. The van der Waals surface area contributed by atoms with Gasteiger partial charge < -0.3 is 0 Å². The molecule has 0 aliphatic rings. The summed E-state index contributed by atoms with van der Waals surface area (Å²) in [5, 5.41) is 4.18. The highest BCUT2D eigenvalue weighted by molar-refractivity contribution is 9.10. The quantitative estimate of drug-likeness (QED) is 0.794. The molecule has 5 heteroatoms. The van der Waals surface area contributed by atoms with Gasteiger partial charge in [0, 0.05) is 23.3 Å². The van der Waals surface area contributed by atoms with E-state index in [9.17, 15) is 9.18 Å². The Morgan fingerprint density at radius 1 is 1.50 bits per heavy atom. The largest absolute Gasteiger partial charge is 0.298 e. The summed E-state index contributed by atoms with van der Waals surface area (Å²) in [6, 6.07) is 4.27. The van der Waals surface area contributed by atoms with Crippen molar-refractivity contribution in [2.75, 3.05) is 0 Å². The maximum Gasteiger partial charge on any atom is 0.153 e. The van der Waals surface area contributed by atoms with Gasteiger partial charge >= 0.3 is 0 Å². The predicted molar refractivity (Wildman–Crippen MR) is 61.7 cm³/mol. The molecular formula is C11H8BrFN2O. The van der Waals surface area contributed by atoms with Crippen LogP contribution in [0.15, 0.2) is 28.9 Å². The molecule has 2 rings (SSSR count). The average molecular weight is 283 g/mol. The zero-order valence-corrected chi connectivity index (χ0v) is 10.0. The Morgan fingerprint density at radius 2 is 2.25 bits per heavy atom. The van der Waals surface area contributed by atoms with E-state index in [1.807, 2.05) is 0 Å². The van der Waals surface area contributed by atoms with E-state index in [1.54, 1.807) is 24.0 Å². The van der Waals surface area contributed by atoms with Crippen molar-refractivity contribution in [3.05, 3.63) is 40.2 Å². The second kappa shape index (κ2) is 4.17. The minimum Gasteiger partial charge on any atom is -0.298 e. The third-order valence-electron chi connectivity index (χ3n) is 2.17. The topological polar surface area (TPSA) is 34.9 Å². The fourth-order valence-corrected chi connectivity index (χ4v) is 2.02. The van der Waals surface area contributed by atoms with Gasteiger partial charge in [-0.15, -0.1) is 0 Å². The first kappa shape index (κ1) is 11.0. The van der Waals surface area contributed by atoms with Crippen LogP contribution in [0.1, 0.15) is 10.4 Å². The van der Waals surface area contributed by atoms with Gasteiger partial charge in [-0.25, -0.2) is 4.39 Å². The van der Waals surface area contributed by atoms with Crippen LogP contribution in [0.5, 0.6) is 0 Å².